The van der Waals surface area contributed by atoms with Crippen molar-refractivity contribution in [1.29, 1.82) is 0 Å². The zero-order chi connectivity index (χ0) is 20.8. The zero-order valence-corrected chi connectivity index (χ0v) is 18.3. The molecule has 1 atom stereocenters. The first-order valence-corrected chi connectivity index (χ1v) is 11.3. The molecule has 0 spiro atoms. The summed E-state index contributed by atoms with van der Waals surface area (Å²) in [5.74, 6) is -0.793. The van der Waals surface area contributed by atoms with Crippen molar-refractivity contribution in [3.05, 3.63) is 69.7 Å². The van der Waals surface area contributed by atoms with E-state index in [1.54, 1.807) is 0 Å². The largest absolute Gasteiger partial charge is 0.481 e. The minimum absolute atomic E-state index is 0.158. The number of piperidine rings is 1. The van der Waals surface area contributed by atoms with Crippen LogP contribution in [0, 0.1) is 5.92 Å². The van der Waals surface area contributed by atoms with Gasteiger partial charge in [0.2, 0.25) is 0 Å². The quantitative estimate of drug-likeness (QED) is 0.659. The molecule has 1 aliphatic heterocycles. The minimum Gasteiger partial charge on any atom is -0.481 e. The molecule has 0 radical (unpaired) electrons. The number of carboxylic acids is 1. The van der Waals surface area contributed by atoms with Crippen LogP contribution in [0.5, 0.6) is 0 Å². The van der Waals surface area contributed by atoms with Crippen LogP contribution in [-0.4, -0.2) is 29.1 Å². The highest BCUT2D eigenvalue weighted by Gasteiger charge is 2.32. The van der Waals surface area contributed by atoms with Crippen LogP contribution in [0.4, 0.5) is 0 Å². The number of aliphatic carboxylic acids is 1. The number of halogens is 1. The highest BCUT2D eigenvalue weighted by atomic mass is 35.5. The highest BCUT2D eigenvalue weighted by Crippen LogP contribution is 2.38. The molecule has 4 heteroatoms. The normalized spacial score (nSPS) is 19.3. The van der Waals surface area contributed by atoms with Crippen LogP contribution in [0.25, 0.3) is 0 Å². The maximum Gasteiger partial charge on any atom is 0.306 e. The van der Waals surface area contributed by atoms with Gasteiger partial charge in [0.25, 0.3) is 0 Å². The number of fused-ring (bicyclic) bond motifs is 1. The number of benzene rings is 2. The fourth-order valence-electron chi connectivity index (χ4n) is 4.62. The van der Waals surface area contributed by atoms with Gasteiger partial charge in [0.15, 0.2) is 0 Å². The summed E-state index contributed by atoms with van der Waals surface area (Å²) in [6, 6.07) is 15.5. The molecule has 1 aliphatic carbocycles. The molecule has 1 unspecified atom stereocenters. The van der Waals surface area contributed by atoms with Crippen molar-refractivity contribution in [3.63, 3.8) is 0 Å². The molecule has 4 rings (SSSR count). The van der Waals surface area contributed by atoms with Gasteiger partial charge in [-0.3, -0.25) is 9.69 Å². The molecule has 1 heterocycles. The zero-order valence-electron chi connectivity index (χ0n) is 17.5. The summed E-state index contributed by atoms with van der Waals surface area (Å²) in [6.45, 7) is 5.80. The Morgan fingerprint density at radius 3 is 2.48 bits per heavy atom. The first-order chi connectivity index (χ1) is 14.1. The van der Waals surface area contributed by atoms with Crippen molar-refractivity contribution >= 4 is 17.6 Å². The molecule has 3 nitrogen and oxygen atoms in total. The smallest absolute Gasteiger partial charge is 0.306 e. The number of nitrogens with zero attached hydrogens (tertiary/aromatic N) is 1. The topological polar surface area (TPSA) is 40.5 Å². The van der Waals surface area contributed by atoms with Crippen molar-refractivity contribution in [3.8, 4) is 0 Å². The van der Waals surface area contributed by atoms with E-state index >= 15 is 0 Å². The van der Waals surface area contributed by atoms with Crippen molar-refractivity contribution in [1.82, 2.24) is 4.90 Å². The second-order valence-corrected chi connectivity index (χ2v) is 8.23. The maximum atomic E-state index is 11.2. The van der Waals surface area contributed by atoms with Gasteiger partial charge in [-0.2, -0.15) is 0 Å². The first kappa shape index (κ1) is 21.9. The van der Waals surface area contributed by atoms with E-state index in [0.29, 0.717) is 6.04 Å². The van der Waals surface area contributed by atoms with E-state index < -0.39 is 5.97 Å². The lowest BCUT2D eigenvalue weighted by Crippen LogP contribution is -2.38. The first-order valence-electron chi connectivity index (χ1n) is 10.9. The summed E-state index contributed by atoms with van der Waals surface area (Å²) >= 11 is 6.28. The van der Waals surface area contributed by atoms with Crippen LogP contribution in [0.2, 0.25) is 5.02 Å². The number of hydrogen-bond donors (Lipinski definition) is 1. The summed E-state index contributed by atoms with van der Waals surface area (Å²) in [5.41, 5.74) is 5.50. The molecule has 1 N–H and O–H groups in total. The molecule has 156 valence electrons. The molecule has 0 amide bonds. The van der Waals surface area contributed by atoms with Gasteiger partial charge in [-0.15, -0.1) is 0 Å². The van der Waals surface area contributed by atoms with Crippen LogP contribution in [-0.2, 0) is 24.1 Å². The third kappa shape index (κ3) is 5.21. The summed E-state index contributed by atoms with van der Waals surface area (Å²) < 4.78 is 0. The summed E-state index contributed by atoms with van der Waals surface area (Å²) in [7, 11) is 0. The standard InChI is InChI=1S/C23H26ClNO2.C2H6/c24-21-4-2-1-3-17(21)7-5-16-6-9-20-19(15-16)8-10-22(20)25-13-11-18(12-14-25)23(26)27;1-2/h1-4,6,9,15,18,22H,5,7-8,10-14H2,(H,26,27);1-2H3. The highest BCUT2D eigenvalue weighted by molar-refractivity contribution is 6.31. The Labute approximate surface area is 179 Å². The van der Waals surface area contributed by atoms with Crippen molar-refractivity contribution < 1.29 is 9.90 Å². The van der Waals surface area contributed by atoms with Gasteiger partial charge < -0.3 is 5.11 Å². The molecule has 1 fully saturated rings. The van der Waals surface area contributed by atoms with E-state index in [9.17, 15) is 9.90 Å². The Morgan fingerprint density at radius 1 is 1.07 bits per heavy atom. The molecule has 0 saturated carbocycles. The van der Waals surface area contributed by atoms with Crippen molar-refractivity contribution in [2.24, 2.45) is 5.92 Å². The Balaban J connectivity index is 0.00000117. The molecule has 1 saturated heterocycles. The SMILES string of the molecule is CC.O=C(O)C1CCN(C2CCc3cc(CCc4ccccc4Cl)ccc32)CC1. The van der Waals surface area contributed by atoms with E-state index in [-0.39, 0.29) is 5.92 Å². The summed E-state index contributed by atoms with van der Waals surface area (Å²) in [4.78, 5) is 13.7. The molecule has 0 aromatic heterocycles. The predicted octanol–water partition coefficient (Wildman–Crippen LogP) is 5.94. The number of hydrogen-bond acceptors (Lipinski definition) is 2. The van der Waals surface area contributed by atoms with Crippen LogP contribution in [0.1, 0.15) is 61.4 Å². The molecular weight excluding hydrogens is 382 g/mol. The summed E-state index contributed by atoms with van der Waals surface area (Å²) in [5, 5.41) is 10.1. The lowest BCUT2D eigenvalue weighted by molar-refractivity contribution is -0.143. The predicted molar refractivity (Wildman–Crippen MR) is 120 cm³/mol. The second-order valence-electron chi connectivity index (χ2n) is 7.83. The molecule has 2 aromatic carbocycles. The fraction of sp³-hybridized carbons (Fsp3) is 0.480. The Hall–Kier alpha value is -1.84. The summed E-state index contributed by atoms with van der Waals surface area (Å²) in [6.07, 6.45) is 5.80. The van der Waals surface area contributed by atoms with Gasteiger partial charge >= 0.3 is 5.97 Å². The Bertz CT molecular complexity index is 827. The number of carbonyl (C=O) groups is 1. The third-order valence-corrected chi connectivity index (χ3v) is 6.58. The van der Waals surface area contributed by atoms with Crippen LogP contribution in [0.15, 0.2) is 42.5 Å². The van der Waals surface area contributed by atoms with E-state index in [4.69, 9.17) is 11.6 Å². The molecular formula is C25H32ClNO2. The lowest BCUT2D eigenvalue weighted by Gasteiger charge is -2.35. The monoisotopic (exact) mass is 413 g/mol. The van der Waals surface area contributed by atoms with Gasteiger partial charge in [0, 0.05) is 11.1 Å². The molecule has 29 heavy (non-hydrogen) atoms. The van der Waals surface area contributed by atoms with Gasteiger partial charge in [-0.05, 0) is 79.9 Å². The van der Waals surface area contributed by atoms with E-state index in [1.807, 2.05) is 32.0 Å². The van der Waals surface area contributed by atoms with E-state index in [1.165, 1.54) is 22.3 Å². The third-order valence-electron chi connectivity index (χ3n) is 6.21. The Morgan fingerprint density at radius 2 is 1.79 bits per heavy atom. The molecule has 2 aliphatic rings. The van der Waals surface area contributed by atoms with Crippen LogP contribution >= 0.6 is 11.6 Å². The number of carboxylic acid groups (broad SMARTS) is 1. The minimum atomic E-state index is -0.635. The number of likely N-dealkylation sites (tertiary alicyclic amines) is 1. The Kier molecular flexibility index (Phi) is 7.74. The van der Waals surface area contributed by atoms with Crippen LogP contribution < -0.4 is 0 Å². The number of aryl methyl sites for hydroxylation is 3. The molecule has 2 aromatic rings. The van der Waals surface area contributed by atoms with Gasteiger partial charge in [0.1, 0.15) is 0 Å². The average molecular weight is 414 g/mol. The van der Waals surface area contributed by atoms with Gasteiger partial charge in [-0.25, -0.2) is 0 Å². The fourth-order valence-corrected chi connectivity index (χ4v) is 4.85. The second kappa shape index (κ2) is 10.3. The maximum absolute atomic E-state index is 11.2. The molecule has 0 bridgehead atoms. The average Bonchev–Trinajstić information content (AvgIpc) is 3.18. The van der Waals surface area contributed by atoms with Crippen LogP contribution in [0.3, 0.4) is 0 Å². The van der Waals surface area contributed by atoms with Gasteiger partial charge in [0.05, 0.1) is 5.92 Å². The van der Waals surface area contributed by atoms with Crippen molar-refractivity contribution in [2.45, 2.75) is 58.4 Å². The van der Waals surface area contributed by atoms with E-state index in [0.717, 1.165) is 56.6 Å². The van der Waals surface area contributed by atoms with Crippen molar-refractivity contribution in [2.75, 3.05) is 13.1 Å². The van der Waals surface area contributed by atoms with E-state index in [2.05, 4.69) is 29.2 Å². The van der Waals surface area contributed by atoms with Gasteiger partial charge in [-0.1, -0.05) is 61.8 Å². The number of rotatable bonds is 5. The lowest BCUT2D eigenvalue weighted by atomic mass is 9.94.